The number of benzene rings is 2. The molecule has 0 unspecified atom stereocenters. The van der Waals surface area contributed by atoms with Gasteiger partial charge in [-0.25, -0.2) is 31.5 Å². The number of nitrogens with one attached hydrogen (secondary N) is 2. The fourth-order valence-electron chi connectivity index (χ4n) is 3.03. The molecule has 0 saturated heterocycles. The fraction of sp³-hybridized carbons (Fsp3) is 0.190. The molecule has 0 spiro atoms. The van der Waals surface area contributed by atoms with Crippen LogP contribution in [0.5, 0.6) is 0 Å². The van der Waals surface area contributed by atoms with Crippen LogP contribution < -0.4 is 14.3 Å². The van der Waals surface area contributed by atoms with E-state index in [4.69, 9.17) is 0 Å². The molecule has 0 bridgehead atoms. The number of nitrogens with zero attached hydrogens (tertiary/aromatic N) is 3. The molecule has 0 fully saturated rings. The predicted octanol–water partition coefficient (Wildman–Crippen LogP) is 3.06. The summed E-state index contributed by atoms with van der Waals surface area (Å²) >= 11 is 3.28. The van der Waals surface area contributed by atoms with Gasteiger partial charge in [-0.15, -0.1) is 0 Å². The Balaban J connectivity index is 1.72. The van der Waals surface area contributed by atoms with E-state index >= 15 is 0 Å². The number of halogens is 1. The van der Waals surface area contributed by atoms with Crippen LogP contribution in [0.25, 0.3) is 0 Å². The van der Waals surface area contributed by atoms with Crippen molar-refractivity contribution in [1.29, 1.82) is 0 Å². The first-order valence-electron chi connectivity index (χ1n) is 9.82. The van der Waals surface area contributed by atoms with E-state index < -0.39 is 32.5 Å². The molecule has 1 heterocycles. The van der Waals surface area contributed by atoms with Gasteiger partial charge in [0, 0.05) is 21.5 Å². The van der Waals surface area contributed by atoms with Crippen LogP contribution in [0.15, 0.2) is 64.0 Å². The van der Waals surface area contributed by atoms with Crippen molar-refractivity contribution in [3.63, 3.8) is 0 Å². The van der Waals surface area contributed by atoms with Gasteiger partial charge in [-0.1, -0.05) is 22.0 Å². The quantitative estimate of drug-likeness (QED) is 0.426. The summed E-state index contributed by atoms with van der Waals surface area (Å²) in [6.45, 7) is 3.00. The van der Waals surface area contributed by atoms with Gasteiger partial charge in [0.2, 0.25) is 21.9 Å². The highest BCUT2D eigenvalue weighted by atomic mass is 79.9. The summed E-state index contributed by atoms with van der Waals surface area (Å²) in [5.41, 5.74) is 1.87. The van der Waals surface area contributed by atoms with Crippen molar-refractivity contribution in [2.24, 2.45) is 0 Å². The lowest BCUT2D eigenvalue weighted by atomic mass is 10.3. The van der Waals surface area contributed by atoms with E-state index in [1.54, 1.807) is 44.2 Å². The number of aryl methyl sites for hydroxylation is 2. The number of carbonyl (C=O) groups is 1. The molecule has 3 aromatic rings. The Kier molecular flexibility index (Phi) is 7.58. The molecule has 13 heteroatoms. The second kappa shape index (κ2) is 10.1. The van der Waals surface area contributed by atoms with Gasteiger partial charge in [0.25, 0.3) is 10.0 Å². The second-order valence-corrected chi connectivity index (χ2v) is 11.9. The second-order valence-electron chi connectivity index (χ2n) is 7.40. The number of carbonyl (C=O) groups excluding carboxylic acids is 1. The predicted molar refractivity (Wildman–Crippen MR) is 134 cm³/mol. The summed E-state index contributed by atoms with van der Waals surface area (Å²) in [6, 6.07) is 13.7. The van der Waals surface area contributed by atoms with Gasteiger partial charge in [0.05, 0.1) is 16.8 Å². The molecular formula is C21H22BrN5O5S2. The first-order chi connectivity index (χ1) is 15.8. The molecule has 1 amide bonds. The van der Waals surface area contributed by atoms with E-state index in [1.807, 2.05) is 0 Å². The fourth-order valence-corrected chi connectivity index (χ4v) is 5.21. The van der Waals surface area contributed by atoms with Crippen LogP contribution in [0.3, 0.4) is 0 Å². The molecule has 0 radical (unpaired) electrons. The highest BCUT2D eigenvalue weighted by Gasteiger charge is 2.21. The lowest BCUT2D eigenvalue weighted by Crippen LogP contribution is -2.37. The summed E-state index contributed by atoms with van der Waals surface area (Å²) < 4.78 is 53.7. The van der Waals surface area contributed by atoms with Crippen LogP contribution >= 0.6 is 15.9 Å². The molecule has 0 aliphatic heterocycles. The molecule has 1 aromatic heterocycles. The Hall–Kier alpha value is -3.03. The number of hydrogen-bond donors (Lipinski definition) is 2. The van der Waals surface area contributed by atoms with Crippen molar-refractivity contribution in [2.75, 3.05) is 27.1 Å². The zero-order valence-electron chi connectivity index (χ0n) is 18.5. The SMILES string of the molecule is Cc1cc(C)nc(NS(=O)(=O)c2ccc(NC(=O)CN(c3cccc(Br)c3)S(C)(=O)=O)cc2)n1. The normalized spacial score (nSPS) is 11.6. The van der Waals surface area contributed by atoms with Crippen molar-refractivity contribution in [2.45, 2.75) is 18.7 Å². The molecule has 0 atom stereocenters. The molecular weight excluding hydrogens is 546 g/mol. The first kappa shape index (κ1) is 25.6. The Bertz CT molecular complexity index is 1410. The maximum Gasteiger partial charge on any atom is 0.264 e. The lowest BCUT2D eigenvalue weighted by molar-refractivity contribution is -0.114. The van der Waals surface area contributed by atoms with Gasteiger partial charge in [-0.2, -0.15) is 0 Å². The van der Waals surface area contributed by atoms with Crippen LogP contribution in [0, 0.1) is 13.8 Å². The molecule has 2 N–H and O–H groups in total. The van der Waals surface area contributed by atoms with Gasteiger partial charge in [-0.05, 0) is 62.4 Å². The maximum atomic E-state index is 12.6. The summed E-state index contributed by atoms with van der Waals surface area (Å²) in [5.74, 6) is -0.633. The minimum Gasteiger partial charge on any atom is -0.325 e. The zero-order chi connectivity index (χ0) is 25.1. The molecule has 10 nitrogen and oxygen atoms in total. The number of hydrogen-bond acceptors (Lipinski definition) is 7. The Morgan fingerprint density at radius 2 is 1.59 bits per heavy atom. The Morgan fingerprint density at radius 3 is 2.15 bits per heavy atom. The van der Waals surface area contributed by atoms with Gasteiger partial charge in [-0.3, -0.25) is 9.10 Å². The summed E-state index contributed by atoms with van der Waals surface area (Å²) in [5, 5.41) is 2.58. The van der Waals surface area contributed by atoms with E-state index in [2.05, 4.69) is 35.9 Å². The highest BCUT2D eigenvalue weighted by Crippen LogP contribution is 2.22. The minimum absolute atomic E-state index is 0.0386. The third kappa shape index (κ3) is 6.74. The van der Waals surface area contributed by atoms with Gasteiger partial charge in [0.1, 0.15) is 6.54 Å². The van der Waals surface area contributed by atoms with Crippen LogP contribution in [-0.2, 0) is 24.8 Å². The maximum absolute atomic E-state index is 12.6. The molecule has 0 saturated carbocycles. The first-order valence-corrected chi connectivity index (χ1v) is 13.9. The number of sulfonamides is 2. The average Bonchev–Trinajstić information content (AvgIpc) is 2.70. The van der Waals surface area contributed by atoms with E-state index in [-0.39, 0.29) is 10.8 Å². The number of amides is 1. The molecule has 0 aliphatic carbocycles. The van der Waals surface area contributed by atoms with Crippen molar-refractivity contribution in [1.82, 2.24) is 9.97 Å². The summed E-state index contributed by atoms with van der Waals surface area (Å²) in [6.07, 6.45) is 1.01. The summed E-state index contributed by atoms with van der Waals surface area (Å²) in [7, 11) is -7.68. The standard InChI is InChI=1S/C21H22BrN5O5S2/c1-14-11-15(2)24-21(23-14)26-34(31,32)19-9-7-17(8-10-19)25-20(28)13-27(33(3,29)30)18-6-4-5-16(22)12-18/h4-12H,13H2,1-3H3,(H,25,28)(H,23,24,26). The molecule has 34 heavy (non-hydrogen) atoms. The van der Waals surface area contributed by atoms with Gasteiger partial charge in [0.15, 0.2) is 0 Å². The van der Waals surface area contributed by atoms with Crippen molar-refractivity contribution in [3.05, 3.63) is 70.5 Å². The monoisotopic (exact) mass is 567 g/mol. The van der Waals surface area contributed by atoms with Gasteiger partial charge < -0.3 is 5.32 Å². The number of aromatic nitrogens is 2. The summed E-state index contributed by atoms with van der Waals surface area (Å²) in [4.78, 5) is 20.6. The van der Waals surface area contributed by atoms with Gasteiger partial charge >= 0.3 is 0 Å². The van der Waals surface area contributed by atoms with Crippen molar-refractivity contribution in [3.8, 4) is 0 Å². The molecule has 0 aliphatic rings. The van der Waals surface area contributed by atoms with Crippen LogP contribution in [-0.4, -0.2) is 45.5 Å². The Labute approximate surface area is 206 Å². The average molecular weight is 568 g/mol. The van der Waals surface area contributed by atoms with Crippen molar-refractivity contribution < 1.29 is 21.6 Å². The van der Waals surface area contributed by atoms with Crippen molar-refractivity contribution >= 4 is 59.2 Å². The van der Waals surface area contributed by atoms with E-state index in [1.165, 1.54) is 24.3 Å². The molecule has 2 aromatic carbocycles. The van der Waals surface area contributed by atoms with Crippen LogP contribution in [0.4, 0.5) is 17.3 Å². The van der Waals surface area contributed by atoms with E-state index in [0.717, 1.165) is 10.6 Å². The number of anilines is 3. The highest BCUT2D eigenvalue weighted by molar-refractivity contribution is 9.10. The van der Waals surface area contributed by atoms with Crippen LogP contribution in [0.1, 0.15) is 11.4 Å². The largest absolute Gasteiger partial charge is 0.325 e. The zero-order valence-corrected chi connectivity index (χ0v) is 21.7. The smallest absolute Gasteiger partial charge is 0.264 e. The Morgan fingerprint density at radius 1 is 0.971 bits per heavy atom. The third-order valence-corrected chi connectivity index (χ3v) is 7.42. The molecule has 180 valence electrons. The van der Waals surface area contributed by atoms with E-state index in [0.29, 0.717) is 27.2 Å². The topological polar surface area (TPSA) is 138 Å². The minimum atomic E-state index is -3.95. The van der Waals surface area contributed by atoms with Crippen LogP contribution in [0.2, 0.25) is 0 Å². The third-order valence-electron chi connectivity index (χ3n) is 4.44. The lowest BCUT2D eigenvalue weighted by Gasteiger charge is -2.22. The number of rotatable bonds is 8. The van der Waals surface area contributed by atoms with E-state index in [9.17, 15) is 21.6 Å². The molecule has 3 rings (SSSR count).